The maximum Gasteiger partial charge on any atom is 0.354 e. The summed E-state index contributed by atoms with van der Waals surface area (Å²) in [6.45, 7) is 10.1. The molecule has 9 nitrogen and oxygen atoms in total. The standard InChI is InChI=1S/C25H37N7O2/c1-25(2,26)17-19-7-12-30(13-8-19)18-20-3-5-21(6-4-20)32-14-9-22(29-24(32)34)28-23(33)31-15-10-27-11-16-31/h3-6,9,14,19,27H,7-8,10-13,15-18,26H2,1-2H3,(H,28,29,33,34). The average Bonchev–Trinajstić information content (AvgIpc) is 2.81. The minimum atomic E-state index is -0.421. The van der Waals surface area contributed by atoms with Crippen molar-refractivity contribution in [3.63, 3.8) is 0 Å². The second-order valence-electron chi connectivity index (χ2n) is 10.2. The van der Waals surface area contributed by atoms with Crippen molar-refractivity contribution in [2.75, 3.05) is 44.6 Å². The average molecular weight is 468 g/mol. The zero-order valence-corrected chi connectivity index (χ0v) is 20.3. The van der Waals surface area contributed by atoms with Gasteiger partial charge in [-0.25, -0.2) is 9.59 Å². The van der Waals surface area contributed by atoms with E-state index in [1.165, 1.54) is 23.0 Å². The van der Waals surface area contributed by atoms with Gasteiger partial charge in [-0.1, -0.05) is 12.1 Å². The Morgan fingerprint density at radius 2 is 1.79 bits per heavy atom. The van der Waals surface area contributed by atoms with Gasteiger partial charge in [0, 0.05) is 44.5 Å². The van der Waals surface area contributed by atoms with Crippen LogP contribution in [0.2, 0.25) is 0 Å². The maximum absolute atomic E-state index is 12.6. The maximum atomic E-state index is 12.6. The summed E-state index contributed by atoms with van der Waals surface area (Å²) in [7, 11) is 0. The molecule has 184 valence electrons. The zero-order chi connectivity index (χ0) is 24.1. The van der Waals surface area contributed by atoms with Crippen molar-refractivity contribution in [3.8, 4) is 5.69 Å². The van der Waals surface area contributed by atoms with E-state index < -0.39 is 5.69 Å². The number of nitrogens with two attached hydrogens (primary N) is 1. The third kappa shape index (κ3) is 6.65. The largest absolute Gasteiger partial charge is 0.354 e. The summed E-state index contributed by atoms with van der Waals surface area (Å²) in [5.74, 6) is 0.977. The zero-order valence-electron chi connectivity index (χ0n) is 20.3. The van der Waals surface area contributed by atoms with E-state index in [1.807, 2.05) is 12.1 Å². The molecule has 9 heteroatoms. The van der Waals surface area contributed by atoms with Gasteiger partial charge in [0.25, 0.3) is 0 Å². The molecular formula is C25H37N7O2. The molecule has 4 N–H and O–H groups in total. The Balaban J connectivity index is 1.32. The van der Waals surface area contributed by atoms with Crippen LogP contribution in [-0.4, -0.2) is 70.2 Å². The topological polar surface area (TPSA) is 109 Å². The van der Waals surface area contributed by atoms with Gasteiger partial charge in [0.05, 0.1) is 5.69 Å². The third-order valence-electron chi connectivity index (χ3n) is 6.59. The molecule has 2 saturated heterocycles. The number of likely N-dealkylation sites (tertiary alicyclic amines) is 1. The van der Waals surface area contributed by atoms with Crippen LogP contribution in [0.4, 0.5) is 10.6 Å². The highest BCUT2D eigenvalue weighted by atomic mass is 16.2. The van der Waals surface area contributed by atoms with E-state index in [4.69, 9.17) is 5.73 Å². The molecule has 0 aliphatic carbocycles. The van der Waals surface area contributed by atoms with E-state index in [0.717, 1.165) is 44.8 Å². The van der Waals surface area contributed by atoms with Crippen LogP contribution in [0.3, 0.4) is 0 Å². The van der Waals surface area contributed by atoms with E-state index in [0.29, 0.717) is 19.0 Å². The summed E-state index contributed by atoms with van der Waals surface area (Å²) < 4.78 is 1.49. The number of urea groups is 1. The molecule has 0 radical (unpaired) electrons. The van der Waals surface area contributed by atoms with Crippen LogP contribution >= 0.6 is 0 Å². The summed E-state index contributed by atoms with van der Waals surface area (Å²) in [5.41, 5.74) is 7.66. The van der Waals surface area contributed by atoms with Gasteiger partial charge in [-0.15, -0.1) is 0 Å². The van der Waals surface area contributed by atoms with Gasteiger partial charge in [0.2, 0.25) is 0 Å². The molecule has 0 atom stereocenters. The molecule has 2 aliphatic rings. The van der Waals surface area contributed by atoms with Crippen molar-refractivity contribution in [1.82, 2.24) is 24.7 Å². The molecule has 0 unspecified atom stereocenters. The number of aromatic nitrogens is 2. The van der Waals surface area contributed by atoms with Crippen LogP contribution in [-0.2, 0) is 6.54 Å². The van der Waals surface area contributed by atoms with Crippen molar-refractivity contribution < 1.29 is 4.79 Å². The fourth-order valence-corrected chi connectivity index (χ4v) is 4.84. The number of piperazine rings is 1. The van der Waals surface area contributed by atoms with Crippen molar-refractivity contribution in [2.24, 2.45) is 11.7 Å². The molecule has 2 aliphatic heterocycles. The number of rotatable bonds is 6. The molecule has 1 aromatic carbocycles. The highest BCUT2D eigenvalue weighted by Gasteiger charge is 2.24. The number of amides is 2. The van der Waals surface area contributed by atoms with Crippen molar-refractivity contribution in [3.05, 3.63) is 52.6 Å². The van der Waals surface area contributed by atoms with Gasteiger partial charge in [-0.2, -0.15) is 4.98 Å². The summed E-state index contributed by atoms with van der Waals surface area (Å²) in [5, 5.41) is 5.93. The first kappa shape index (κ1) is 24.4. The summed E-state index contributed by atoms with van der Waals surface area (Å²) in [4.78, 5) is 33.2. The molecule has 0 saturated carbocycles. The van der Waals surface area contributed by atoms with Crippen LogP contribution in [0.25, 0.3) is 5.69 Å². The third-order valence-corrected chi connectivity index (χ3v) is 6.59. The van der Waals surface area contributed by atoms with Crippen molar-refractivity contribution >= 4 is 11.8 Å². The molecule has 2 fully saturated rings. The number of hydrogen-bond donors (Lipinski definition) is 3. The summed E-state index contributed by atoms with van der Waals surface area (Å²) in [6, 6.07) is 9.45. The fourth-order valence-electron chi connectivity index (χ4n) is 4.84. The van der Waals surface area contributed by atoms with Crippen LogP contribution in [0, 0.1) is 5.92 Å². The lowest BCUT2D eigenvalue weighted by Crippen LogP contribution is -2.48. The monoisotopic (exact) mass is 467 g/mol. The number of carbonyl (C=O) groups excluding carboxylic acids is 1. The minimum Gasteiger partial charge on any atom is -0.326 e. The van der Waals surface area contributed by atoms with E-state index in [2.05, 4.69) is 46.5 Å². The predicted molar refractivity (Wildman–Crippen MR) is 134 cm³/mol. The van der Waals surface area contributed by atoms with Crippen LogP contribution in [0.15, 0.2) is 41.3 Å². The fraction of sp³-hybridized carbons (Fsp3) is 0.560. The molecule has 1 aromatic heterocycles. The lowest BCUT2D eigenvalue weighted by atomic mass is 9.85. The number of benzene rings is 1. The Bertz CT molecular complexity index is 1010. The number of hydrogen-bond acceptors (Lipinski definition) is 6. The minimum absolute atomic E-state index is 0.0928. The van der Waals surface area contributed by atoms with Gasteiger partial charge in [-0.3, -0.25) is 14.8 Å². The normalized spacial score (nSPS) is 18.1. The van der Waals surface area contributed by atoms with Gasteiger partial charge in [0.15, 0.2) is 0 Å². The molecule has 4 rings (SSSR count). The number of nitrogens with zero attached hydrogens (tertiary/aromatic N) is 4. The highest BCUT2D eigenvalue weighted by molar-refractivity contribution is 5.88. The second-order valence-corrected chi connectivity index (χ2v) is 10.2. The molecule has 0 bridgehead atoms. The summed E-state index contributed by atoms with van der Waals surface area (Å²) >= 11 is 0. The van der Waals surface area contributed by atoms with E-state index in [1.54, 1.807) is 17.2 Å². The van der Waals surface area contributed by atoms with Gasteiger partial charge >= 0.3 is 11.7 Å². The Hall–Kier alpha value is -2.75. The quantitative estimate of drug-likeness (QED) is 0.600. The Morgan fingerprint density at radius 1 is 1.12 bits per heavy atom. The summed E-state index contributed by atoms with van der Waals surface area (Å²) in [6.07, 6.45) is 5.12. The second kappa shape index (κ2) is 10.7. The highest BCUT2D eigenvalue weighted by Crippen LogP contribution is 2.26. The molecule has 3 heterocycles. The number of anilines is 1. The van der Waals surface area contributed by atoms with Crippen LogP contribution in [0.5, 0.6) is 0 Å². The number of nitrogens with one attached hydrogen (secondary N) is 2. The van der Waals surface area contributed by atoms with E-state index in [-0.39, 0.29) is 17.4 Å². The van der Waals surface area contributed by atoms with E-state index in [9.17, 15) is 9.59 Å². The molecular weight excluding hydrogens is 430 g/mol. The lowest BCUT2D eigenvalue weighted by molar-refractivity contribution is 0.159. The van der Waals surface area contributed by atoms with Crippen LogP contribution in [0.1, 0.15) is 38.7 Å². The predicted octanol–water partition coefficient (Wildman–Crippen LogP) is 2.01. The smallest absolute Gasteiger partial charge is 0.326 e. The van der Waals surface area contributed by atoms with Crippen molar-refractivity contribution in [2.45, 2.75) is 45.2 Å². The van der Waals surface area contributed by atoms with Gasteiger partial charge in [-0.05, 0) is 75.9 Å². The molecule has 0 spiro atoms. The molecule has 2 aromatic rings. The SMILES string of the molecule is CC(C)(N)CC1CCN(Cc2ccc(-n3ccc(NC(=O)N4CCNCC4)nc3=O)cc2)CC1. The molecule has 34 heavy (non-hydrogen) atoms. The Labute approximate surface area is 201 Å². The first-order chi connectivity index (χ1) is 16.3. The van der Waals surface area contributed by atoms with Gasteiger partial charge < -0.3 is 16.0 Å². The Morgan fingerprint density at radius 3 is 2.41 bits per heavy atom. The van der Waals surface area contributed by atoms with Crippen LogP contribution < -0.4 is 22.1 Å². The van der Waals surface area contributed by atoms with Gasteiger partial charge in [0.1, 0.15) is 5.82 Å². The first-order valence-electron chi connectivity index (χ1n) is 12.2. The molecule has 2 amide bonds. The number of carbonyl (C=O) groups is 1. The number of piperidine rings is 1. The van der Waals surface area contributed by atoms with E-state index >= 15 is 0 Å². The van der Waals surface area contributed by atoms with Crippen molar-refractivity contribution in [1.29, 1.82) is 0 Å². The lowest BCUT2D eigenvalue weighted by Gasteiger charge is -2.35. The Kier molecular flexibility index (Phi) is 7.65. The first-order valence-corrected chi connectivity index (χ1v) is 12.2.